The van der Waals surface area contributed by atoms with E-state index in [-0.39, 0.29) is 6.54 Å². The third kappa shape index (κ3) is 5.69. The lowest BCUT2D eigenvalue weighted by molar-refractivity contribution is -0.141. The molecule has 0 fully saturated rings. The highest BCUT2D eigenvalue weighted by Gasteiger charge is 2.33. The second-order valence-electron chi connectivity index (χ2n) is 7.29. The number of para-hydroxylation sites is 2. The predicted molar refractivity (Wildman–Crippen MR) is 124 cm³/mol. The molecule has 0 spiro atoms. The normalized spacial score (nSPS) is 11.5. The van der Waals surface area contributed by atoms with Crippen LogP contribution < -0.4 is 10.3 Å². The van der Waals surface area contributed by atoms with Crippen LogP contribution in [-0.2, 0) is 17.5 Å². The maximum atomic E-state index is 12.6. The quantitative estimate of drug-likeness (QED) is 0.290. The number of rotatable bonds is 7. The highest BCUT2D eigenvalue weighted by Crippen LogP contribution is 2.33. The molecule has 3 aromatic carbocycles. The Morgan fingerprint density at radius 1 is 0.882 bits per heavy atom. The zero-order valence-electron chi connectivity index (χ0n) is 17.9. The van der Waals surface area contributed by atoms with E-state index in [4.69, 9.17) is 0 Å². The van der Waals surface area contributed by atoms with Gasteiger partial charge in [-0.1, -0.05) is 48.5 Å². The van der Waals surface area contributed by atoms with Gasteiger partial charge in [0.15, 0.2) is 5.69 Å². The first-order valence-electron chi connectivity index (χ1n) is 10.3. The Labute approximate surface area is 194 Å². The average molecular weight is 463 g/mol. The van der Waals surface area contributed by atoms with Crippen LogP contribution in [0, 0.1) is 0 Å². The fraction of sp³-hybridized carbons (Fsp3) is 0.0800. The maximum absolute atomic E-state index is 12.6. The van der Waals surface area contributed by atoms with Crippen LogP contribution >= 0.6 is 0 Å². The number of hydrazone groups is 1. The van der Waals surface area contributed by atoms with Gasteiger partial charge in [0.25, 0.3) is 5.91 Å². The van der Waals surface area contributed by atoms with Crippen molar-refractivity contribution in [3.63, 3.8) is 0 Å². The number of carbonyl (C=O) groups excluding carboxylic acids is 1. The van der Waals surface area contributed by atoms with Crippen molar-refractivity contribution in [2.45, 2.75) is 12.7 Å². The number of benzene rings is 3. The Kier molecular flexibility index (Phi) is 6.72. The minimum absolute atomic E-state index is 0.379. The van der Waals surface area contributed by atoms with Gasteiger partial charge >= 0.3 is 6.18 Å². The van der Waals surface area contributed by atoms with E-state index in [9.17, 15) is 18.0 Å². The van der Waals surface area contributed by atoms with Crippen LogP contribution in [0.25, 0.3) is 0 Å². The van der Waals surface area contributed by atoms with Crippen LogP contribution in [0.2, 0.25) is 0 Å². The Morgan fingerprint density at radius 3 is 1.97 bits per heavy atom. The molecular weight excluding hydrogens is 443 g/mol. The minimum Gasteiger partial charge on any atom is -0.311 e. The molecule has 0 saturated heterocycles. The molecule has 0 aliphatic rings. The number of hydrogen-bond acceptors (Lipinski definition) is 4. The Balaban J connectivity index is 1.41. The SMILES string of the molecule is O=C(Cn1ccc(C(F)(F)F)n1)NN=Cc1ccc(N(c2ccccc2)c2ccccc2)cc1. The number of nitrogens with zero attached hydrogens (tertiary/aromatic N) is 4. The molecule has 0 aliphatic heterocycles. The molecule has 1 amide bonds. The largest absolute Gasteiger partial charge is 0.435 e. The molecule has 1 aromatic heterocycles. The zero-order chi connectivity index (χ0) is 24.0. The van der Waals surface area contributed by atoms with Crippen molar-refractivity contribution in [1.29, 1.82) is 0 Å². The summed E-state index contributed by atoms with van der Waals surface area (Å²) >= 11 is 0. The van der Waals surface area contributed by atoms with Gasteiger partial charge in [0.2, 0.25) is 0 Å². The number of amides is 1. The third-order valence-electron chi connectivity index (χ3n) is 4.82. The molecule has 0 bridgehead atoms. The first-order valence-corrected chi connectivity index (χ1v) is 10.3. The molecule has 172 valence electrons. The molecule has 0 aliphatic carbocycles. The summed E-state index contributed by atoms with van der Waals surface area (Å²) in [6.07, 6.45) is -2.00. The van der Waals surface area contributed by atoms with Gasteiger partial charge in [-0.05, 0) is 48.0 Å². The van der Waals surface area contributed by atoms with Crippen molar-refractivity contribution in [3.8, 4) is 0 Å². The molecule has 0 saturated carbocycles. The summed E-state index contributed by atoms with van der Waals surface area (Å²) in [7, 11) is 0. The van der Waals surface area contributed by atoms with E-state index >= 15 is 0 Å². The van der Waals surface area contributed by atoms with Crippen molar-refractivity contribution in [2.24, 2.45) is 5.10 Å². The van der Waals surface area contributed by atoms with Crippen molar-refractivity contribution in [1.82, 2.24) is 15.2 Å². The number of hydrogen-bond donors (Lipinski definition) is 1. The van der Waals surface area contributed by atoms with Crippen LogP contribution in [0.4, 0.5) is 30.2 Å². The summed E-state index contributed by atoms with van der Waals surface area (Å²) in [5.41, 5.74) is 4.94. The topological polar surface area (TPSA) is 62.5 Å². The fourth-order valence-electron chi connectivity index (χ4n) is 3.27. The Bertz CT molecular complexity index is 1210. The first kappa shape index (κ1) is 22.8. The first-order chi connectivity index (χ1) is 16.4. The lowest BCUT2D eigenvalue weighted by Crippen LogP contribution is -2.23. The number of nitrogens with one attached hydrogen (secondary N) is 1. The molecular formula is C25H20F3N5O. The summed E-state index contributed by atoms with van der Waals surface area (Å²) in [5.74, 6) is -0.593. The third-order valence-corrected chi connectivity index (χ3v) is 4.82. The molecule has 1 heterocycles. The lowest BCUT2D eigenvalue weighted by Gasteiger charge is -2.25. The van der Waals surface area contributed by atoms with Crippen LogP contribution in [0.3, 0.4) is 0 Å². The van der Waals surface area contributed by atoms with Gasteiger partial charge in [0, 0.05) is 23.3 Å². The van der Waals surface area contributed by atoms with E-state index in [0.717, 1.165) is 39.6 Å². The molecule has 34 heavy (non-hydrogen) atoms. The van der Waals surface area contributed by atoms with Gasteiger partial charge in [-0.3, -0.25) is 9.48 Å². The number of aromatic nitrogens is 2. The highest BCUT2D eigenvalue weighted by atomic mass is 19.4. The lowest BCUT2D eigenvalue weighted by atomic mass is 10.1. The van der Waals surface area contributed by atoms with Gasteiger partial charge in [0.1, 0.15) is 6.54 Å². The maximum Gasteiger partial charge on any atom is 0.435 e. The van der Waals surface area contributed by atoms with Crippen LogP contribution in [0.5, 0.6) is 0 Å². The Hall–Kier alpha value is -4.40. The monoisotopic (exact) mass is 463 g/mol. The molecule has 9 heteroatoms. The molecule has 0 atom stereocenters. The van der Waals surface area contributed by atoms with E-state index in [2.05, 4.69) is 20.5 Å². The molecule has 4 rings (SSSR count). The fourth-order valence-corrected chi connectivity index (χ4v) is 3.27. The number of halogens is 3. The number of anilines is 3. The molecule has 1 N–H and O–H groups in total. The van der Waals surface area contributed by atoms with Crippen molar-refractivity contribution >= 4 is 29.2 Å². The van der Waals surface area contributed by atoms with E-state index < -0.39 is 17.8 Å². The second-order valence-corrected chi connectivity index (χ2v) is 7.29. The van der Waals surface area contributed by atoms with Crippen molar-refractivity contribution in [3.05, 3.63) is 108 Å². The number of carbonyl (C=O) groups is 1. The molecule has 6 nitrogen and oxygen atoms in total. The summed E-state index contributed by atoms with van der Waals surface area (Å²) in [6.45, 7) is -0.379. The van der Waals surface area contributed by atoms with Crippen molar-refractivity contribution < 1.29 is 18.0 Å². The van der Waals surface area contributed by atoms with E-state index in [1.165, 1.54) is 6.21 Å². The van der Waals surface area contributed by atoms with Crippen LogP contribution in [0.1, 0.15) is 11.3 Å². The average Bonchev–Trinajstić information content (AvgIpc) is 3.31. The van der Waals surface area contributed by atoms with Crippen LogP contribution in [-0.4, -0.2) is 21.9 Å². The molecule has 0 radical (unpaired) electrons. The van der Waals surface area contributed by atoms with Gasteiger partial charge in [0.05, 0.1) is 6.21 Å². The summed E-state index contributed by atoms with van der Waals surface area (Å²) in [5, 5.41) is 7.22. The predicted octanol–water partition coefficient (Wildman–Crippen LogP) is 5.52. The number of alkyl halides is 3. The van der Waals surface area contributed by atoms with E-state index in [0.29, 0.717) is 0 Å². The Morgan fingerprint density at radius 2 is 1.44 bits per heavy atom. The summed E-state index contributed by atoms with van der Waals surface area (Å²) in [4.78, 5) is 14.1. The van der Waals surface area contributed by atoms with Gasteiger partial charge < -0.3 is 4.90 Å². The van der Waals surface area contributed by atoms with E-state index in [1.54, 1.807) is 0 Å². The second kappa shape index (κ2) is 10.0. The van der Waals surface area contributed by atoms with E-state index in [1.807, 2.05) is 84.9 Å². The standard InChI is InChI=1S/C25H20F3N5O/c26-25(27,28)23-15-16-32(31-23)18-24(34)30-29-17-19-11-13-22(14-12-19)33(20-7-3-1-4-8-20)21-9-5-2-6-10-21/h1-17H,18H2,(H,30,34). The summed E-state index contributed by atoms with van der Waals surface area (Å²) < 4.78 is 38.7. The smallest absolute Gasteiger partial charge is 0.311 e. The van der Waals surface area contributed by atoms with Crippen molar-refractivity contribution in [2.75, 3.05) is 4.90 Å². The highest BCUT2D eigenvalue weighted by molar-refractivity contribution is 5.84. The summed E-state index contributed by atoms with van der Waals surface area (Å²) in [6, 6.07) is 28.3. The zero-order valence-corrected chi connectivity index (χ0v) is 17.9. The van der Waals surface area contributed by atoms with Crippen LogP contribution in [0.15, 0.2) is 102 Å². The minimum atomic E-state index is -4.55. The van der Waals surface area contributed by atoms with Gasteiger partial charge in [-0.25, -0.2) is 5.43 Å². The molecule has 4 aromatic rings. The molecule has 0 unspecified atom stereocenters. The van der Waals surface area contributed by atoms with Gasteiger partial charge in [-0.2, -0.15) is 23.4 Å². The van der Waals surface area contributed by atoms with Gasteiger partial charge in [-0.15, -0.1) is 0 Å².